The van der Waals surface area contributed by atoms with Crippen molar-refractivity contribution in [3.05, 3.63) is 39.6 Å². The molecule has 5 heterocycles. The highest BCUT2D eigenvalue weighted by Gasteiger charge is 2.50. The van der Waals surface area contributed by atoms with Crippen LogP contribution in [0.3, 0.4) is 0 Å². The molecule has 198 valence electrons. The number of likely N-dealkylation sites (tertiary alicyclic amines) is 1. The summed E-state index contributed by atoms with van der Waals surface area (Å²) in [5.74, 6) is 1.25. The van der Waals surface area contributed by atoms with E-state index in [9.17, 15) is 22.8 Å². The summed E-state index contributed by atoms with van der Waals surface area (Å²) in [4.78, 5) is 36.5. The van der Waals surface area contributed by atoms with Gasteiger partial charge in [-0.05, 0) is 44.2 Å². The number of carbonyl (C=O) groups excluding carboxylic acids is 1. The lowest BCUT2D eigenvalue weighted by Crippen LogP contribution is -2.55. The third kappa shape index (κ3) is 4.43. The van der Waals surface area contributed by atoms with Gasteiger partial charge < -0.3 is 20.7 Å². The maximum atomic E-state index is 13.7. The van der Waals surface area contributed by atoms with Crippen molar-refractivity contribution >= 4 is 23.2 Å². The molecule has 0 aromatic carbocycles. The molecule has 1 aliphatic carbocycles. The molecule has 1 spiro atoms. The summed E-state index contributed by atoms with van der Waals surface area (Å²) in [7, 11) is 0. The first-order valence-corrected chi connectivity index (χ1v) is 12.4. The van der Waals surface area contributed by atoms with Crippen LogP contribution < -0.4 is 21.5 Å². The second-order valence-electron chi connectivity index (χ2n) is 10.4. The zero-order valence-electron chi connectivity index (χ0n) is 20.5. The topological polar surface area (TPSA) is 117 Å². The standard InChI is InChI=1S/C24H28F3N7O3/c1-12-9-15(30-18-13(2)19(29-11-28-18)31-21-17(37-21)14-3-4-14)22(36)34-16(12)20(35)32-23(34)5-7-33(8-6-23)10-24(25,26)27/h9,11,14,17,21H,3-8,10H2,1-2H3,(H,32,35)(H2,28,29,30,31). The second-order valence-corrected chi connectivity index (χ2v) is 10.4. The fourth-order valence-electron chi connectivity index (χ4n) is 5.54. The smallest absolute Gasteiger partial charge is 0.348 e. The number of rotatable bonds is 6. The van der Waals surface area contributed by atoms with E-state index in [1.165, 1.54) is 28.6 Å². The molecule has 37 heavy (non-hydrogen) atoms. The number of hydrogen-bond donors (Lipinski definition) is 3. The number of epoxide rings is 1. The molecule has 3 N–H and O–H groups in total. The lowest BCUT2D eigenvalue weighted by atomic mass is 9.96. The van der Waals surface area contributed by atoms with E-state index in [0.717, 1.165) is 0 Å². The minimum absolute atomic E-state index is 0.0815. The number of fused-ring (bicyclic) bond motifs is 2. The van der Waals surface area contributed by atoms with Crippen LogP contribution in [0.5, 0.6) is 0 Å². The molecule has 2 saturated heterocycles. The van der Waals surface area contributed by atoms with Crippen LogP contribution in [0.4, 0.5) is 30.5 Å². The largest absolute Gasteiger partial charge is 0.401 e. The van der Waals surface area contributed by atoms with Crippen LogP contribution in [0.2, 0.25) is 0 Å². The molecule has 1 saturated carbocycles. The predicted octanol–water partition coefficient (Wildman–Crippen LogP) is 2.60. The molecule has 0 radical (unpaired) electrons. The highest BCUT2D eigenvalue weighted by Crippen LogP contribution is 2.44. The summed E-state index contributed by atoms with van der Waals surface area (Å²) < 4.78 is 45.8. The van der Waals surface area contributed by atoms with Crippen LogP contribution in [0.25, 0.3) is 0 Å². The Hall–Kier alpha value is -3.19. The number of aromatic nitrogens is 3. The maximum Gasteiger partial charge on any atom is 0.401 e. The van der Waals surface area contributed by atoms with Crippen molar-refractivity contribution < 1.29 is 22.7 Å². The molecular weight excluding hydrogens is 491 g/mol. The molecule has 2 aromatic rings. The van der Waals surface area contributed by atoms with E-state index >= 15 is 0 Å². The van der Waals surface area contributed by atoms with E-state index in [0.29, 0.717) is 28.7 Å². The summed E-state index contributed by atoms with van der Waals surface area (Å²) >= 11 is 0. The van der Waals surface area contributed by atoms with Gasteiger partial charge in [0.05, 0.1) is 6.54 Å². The molecule has 13 heteroatoms. The normalized spacial score (nSPS) is 24.6. The molecule has 3 aliphatic heterocycles. The molecule has 1 amide bonds. The zero-order chi connectivity index (χ0) is 26.1. The van der Waals surface area contributed by atoms with Crippen LogP contribution in [0.15, 0.2) is 17.2 Å². The Morgan fingerprint density at radius 2 is 1.86 bits per heavy atom. The van der Waals surface area contributed by atoms with Gasteiger partial charge in [-0.3, -0.25) is 19.1 Å². The van der Waals surface area contributed by atoms with Crippen molar-refractivity contribution in [1.82, 2.24) is 24.8 Å². The van der Waals surface area contributed by atoms with Crippen LogP contribution in [0.1, 0.15) is 47.3 Å². The van der Waals surface area contributed by atoms with Gasteiger partial charge in [-0.25, -0.2) is 9.97 Å². The van der Waals surface area contributed by atoms with Crippen molar-refractivity contribution in [3.8, 4) is 0 Å². The van der Waals surface area contributed by atoms with Gasteiger partial charge in [-0.2, -0.15) is 13.2 Å². The first-order valence-electron chi connectivity index (χ1n) is 12.4. The van der Waals surface area contributed by atoms with Gasteiger partial charge in [0.15, 0.2) is 6.23 Å². The number of halogens is 3. The van der Waals surface area contributed by atoms with Crippen molar-refractivity contribution in [2.24, 2.45) is 5.92 Å². The highest BCUT2D eigenvalue weighted by molar-refractivity contribution is 5.97. The first kappa shape index (κ1) is 24.2. The number of carbonyl (C=O) groups is 1. The molecule has 2 atom stereocenters. The summed E-state index contributed by atoms with van der Waals surface area (Å²) in [5, 5.41) is 9.29. The molecule has 6 rings (SSSR count). The molecule has 4 aliphatic rings. The number of nitrogens with one attached hydrogen (secondary N) is 3. The summed E-state index contributed by atoms with van der Waals surface area (Å²) in [6.45, 7) is 2.76. The van der Waals surface area contributed by atoms with Gasteiger partial charge >= 0.3 is 6.18 Å². The average Bonchev–Trinajstić information content (AvgIpc) is 3.73. The van der Waals surface area contributed by atoms with Crippen LogP contribution in [0, 0.1) is 19.8 Å². The fourth-order valence-corrected chi connectivity index (χ4v) is 5.54. The Morgan fingerprint density at radius 1 is 1.16 bits per heavy atom. The Bertz CT molecular complexity index is 1320. The zero-order valence-corrected chi connectivity index (χ0v) is 20.5. The first-order chi connectivity index (χ1) is 17.5. The van der Waals surface area contributed by atoms with Gasteiger partial charge in [0.25, 0.3) is 11.5 Å². The van der Waals surface area contributed by atoms with E-state index in [4.69, 9.17) is 4.74 Å². The number of aryl methyl sites for hydroxylation is 1. The third-order valence-corrected chi connectivity index (χ3v) is 7.70. The highest BCUT2D eigenvalue weighted by atomic mass is 19.4. The van der Waals surface area contributed by atoms with Crippen molar-refractivity contribution in [3.63, 3.8) is 0 Å². The fraction of sp³-hybridized carbons (Fsp3) is 0.583. The quantitative estimate of drug-likeness (QED) is 0.499. The molecule has 2 unspecified atom stereocenters. The van der Waals surface area contributed by atoms with Gasteiger partial charge in [-0.15, -0.1) is 0 Å². The Morgan fingerprint density at radius 3 is 2.54 bits per heavy atom. The number of anilines is 3. The maximum absolute atomic E-state index is 13.7. The monoisotopic (exact) mass is 519 g/mol. The molecule has 3 fully saturated rings. The van der Waals surface area contributed by atoms with Crippen LogP contribution >= 0.6 is 0 Å². The van der Waals surface area contributed by atoms with Crippen molar-refractivity contribution in [2.75, 3.05) is 30.3 Å². The lowest BCUT2D eigenvalue weighted by molar-refractivity contribution is -0.150. The van der Waals surface area contributed by atoms with Crippen LogP contribution in [-0.4, -0.2) is 63.5 Å². The number of ether oxygens (including phenoxy) is 1. The summed E-state index contributed by atoms with van der Waals surface area (Å²) in [6.07, 6.45) is -0.0467. The van der Waals surface area contributed by atoms with E-state index in [-0.39, 0.29) is 49.6 Å². The Kier molecular flexibility index (Phi) is 5.50. The van der Waals surface area contributed by atoms with Gasteiger partial charge in [0.1, 0.15) is 41.1 Å². The minimum Gasteiger partial charge on any atom is -0.348 e. The average molecular weight is 520 g/mol. The Balaban J connectivity index is 1.27. The second kappa shape index (κ2) is 8.42. The van der Waals surface area contributed by atoms with Gasteiger partial charge in [0.2, 0.25) is 0 Å². The predicted molar refractivity (Wildman–Crippen MR) is 128 cm³/mol. The summed E-state index contributed by atoms with van der Waals surface area (Å²) in [6, 6.07) is 1.60. The van der Waals surface area contributed by atoms with Crippen molar-refractivity contribution in [1.29, 1.82) is 0 Å². The number of hydrogen-bond acceptors (Lipinski definition) is 8. The summed E-state index contributed by atoms with van der Waals surface area (Å²) in [5.41, 5.74) is 0.245. The molecular formula is C24H28F3N7O3. The van der Waals surface area contributed by atoms with Gasteiger partial charge in [-0.1, -0.05) is 0 Å². The van der Waals surface area contributed by atoms with Crippen LogP contribution in [-0.2, 0) is 10.4 Å². The van der Waals surface area contributed by atoms with Gasteiger partial charge in [0, 0.05) is 31.5 Å². The van der Waals surface area contributed by atoms with E-state index < -0.39 is 29.9 Å². The lowest BCUT2D eigenvalue weighted by Gasteiger charge is -2.40. The Labute approximate surface area is 210 Å². The minimum atomic E-state index is -4.31. The van der Waals surface area contributed by atoms with E-state index in [2.05, 4.69) is 25.9 Å². The third-order valence-electron chi connectivity index (χ3n) is 7.70. The molecule has 10 nitrogen and oxygen atoms in total. The van der Waals surface area contributed by atoms with E-state index in [1.807, 2.05) is 6.92 Å². The number of amides is 1. The SMILES string of the molecule is Cc1cc(Nc2ncnc(NC3OC3C3CC3)c2C)c(=O)n2c1C(=O)NC21CCN(CC(F)(F)F)CC1. The number of nitrogens with zero attached hydrogens (tertiary/aromatic N) is 4. The van der Waals surface area contributed by atoms with E-state index in [1.54, 1.807) is 13.0 Å². The molecule has 0 bridgehead atoms. The number of alkyl halides is 3. The molecule has 2 aromatic heterocycles. The van der Waals surface area contributed by atoms with Crippen molar-refractivity contribution in [2.45, 2.75) is 63.7 Å². The number of pyridine rings is 1. The number of piperidine rings is 1.